The van der Waals surface area contributed by atoms with Gasteiger partial charge in [-0.05, 0) is 52.3 Å². The first kappa shape index (κ1) is 16.1. The highest BCUT2D eigenvalue weighted by Gasteiger charge is 2.31. The van der Waals surface area contributed by atoms with E-state index in [9.17, 15) is 9.59 Å². The number of hydrogen-bond acceptors (Lipinski definition) is 5. The number of benzene rings is 1. The lowest BCUT2D eigenvalue weighted by atomic mass is 10.1. The minimum Gasteiger partial charge on any atom is -0.479 e. The van der Waals surface area contributed by atoms with E-state index >= 15 is 0 Å². The molecule has 1 unspecified atom stereocenters. The Hall–Kier alpha value is -2.30. The van der Waals surface area contributed by atoms with Crippen molar-refractivity contribution >= 4 is 11.8 Å². The summed E-state index contributed by atoms with van der Waals surface area (Å²) in [6.45, 7) is 9.12. The smallest absolute Gasteiger partial charge is 0.347 e. The van der Waals surface area contributed by atoms with Gasteiger partial charge in [0.1, 0.15) is 11.5 Å². The number of carbonyl (C=O) groups is 2. The lowest BCUT2D eigenvalue weighted by Gasteiger charge is -2.16. The fourth-order valence-electron chi connectivity index (χ4n) is 2.21. The second-order valence-electron chi connectivity index (χ2n) is 5.34. The number of allylic oxidation sites excluding steroid dienone is 2. The second kappa shape index (κ2) is 6.22. The first-order chi connectivity index (χ1) is 10.4. The van der Waals surface area contributed by atoms with Crippen LogP contribution in [0.3, 0.4) is 0 Å². The van der Waals surface area contributed by atoms with E-state index in [1.165, 1.54) is 0 Å². The van der Waals surface area contributed by atoms with Gasteiger partial charge in [-0.3, -0.25) is 4.79 Å². The number of carbonyl (C=O) groups excluding carboxylic acids is 2. The van der Waals surface area contributed by atoms with Crippen LogP contribution in [0, 0.1) is 6.92 Å². The molecule has 0 spiro atoms. The molecule has 5 heteroatoms. The van der Waals surface area contributed by atoms with E-state index < -0.39 is 12.1 Å². The summed E-state index contributed by atoms with van der Waals surface area (Å²) in [5.41, 5.74) is 2.03. The molecule has 1 heterocycles. The molecule has 0 aromatic heterocycles. The molecule has 0 amide bonds. The van der Waals surface area contributed by atoms with Crippen molar-refractivity contribution in [2.24, 2.45) is 0 Å². The maximum atomic E-state index is 12.2. The van der Waals surface area contributed by atoms with Gasteiger partial charge in [-0.15, -0.1) is 0 Å². The van der Waals surface area contributed by atoms with Gasteiger partial charge < -0.3 is 14.2 Å². The molecule has 0 saturated carbocycles. The highest BCUT2D eigenvalue weighted by molar-refractivity contribution is 6.13. The first-order valence-electron chi connectivity index (χ1n) is 7.23. The van der Waals surface area contributed by atoms with E-state index in [4.69, 9.17) is 14.2 Å². The Labute approximate surface area is 129 Å². The summed E-state index contributed by atoms with van der Waals surface area (Å²) in [7, 11) is 0. The van der Waals surface area contributed by atoms with Crippen molar-refractivity contribution in [1.82, 2.24) is 0 Å². The van der Waals surface area contributed by atoms with Crippen molar-refractivity contribution in [3.05, 3.63) is 34.6 Å². The second-order valence-corrected chi connectivity index (χ2v) is 5.34. The van der Waals surface area contributed by atoms with Crippen LogP contribution in [0.4, 0.5) is 0 Å². The number of ketones is 1. The normalized spacial score (nSPS) is 14.2. The maximum Gasteiger partial charge on any atom is 0.347 e. The molecule has 1 aromatic carbocycles. The Morgan fingerprint density at radius 2 is 2.00 bits per heavy atom. The molecular weight excluding hydrogens is 284 g/mol. The largest absolute Gasteiger partial charge is 0.479 e. The number of fused-ring (bicyclic) bond motifs is 1. The molecule has 1 aliphatic heterocycles. The molecular formula is C17H20O5. The molecule has 22 heavy (non-hydrogen) atoms. The first-order valence-corrected chi connectivity index (χ1v) is 7.23. The molecule has 0 aliphatic carbocycles. The number of ether oxygens (including phenoxy) is 3. The van der Waals surface area contributed by atoms with E-state index in [1.807, 2.05) is 13.8 Å². The molecule has 0 bridgehead atoms. The fourth-order valence-corrected chi connectivity index (χ4v) is 2.21. The van der Waals surface area contributed by atoms with Crippen molar-refractivity contribution in [3.8, 4) is 11.5 Å². The van der Waals surface area contributed by atoms with Crippen LogP contribution >= 0.6 is 0 Å². The summed E-state index contributed by atoms with van der Waals surface area (Å²) in [5.74, 6) is 0.804. The average molecular weight is 304 g/mol. The third-order valence-electron chi connectivity index (χ3n) is 3.39. The summed E-state index contributed by atoms with van der Waals surface area (Å²) in [6, 6.07) is 3.34. The van der Waals surface area contributed by atoms with Crippen molar-refractivity contribution < 1.29 is 23.8 Å². The quantitative estimate of drug-likeness (QED) is 0.631. The lowest BCUT2D eigenvalue weighted by Crippen LogP contribution is -2.26. The summed E-state index contributed by atoms with van der Waals surface area (Å²) < 4.78 is 16.2. The molecule has 0 radical (unpaired) electrons. The van der Waals surface area contributed by atoms with Crippen LogP contribution in [-0.2, 0) is 9.53 Å². The summed E-state index contributed by atoms with van der Waals surface area (Å²) in [6.07, 6.45) is -0.725. The molecule has 5 nitrogen and oxygen atoms in total. The van der Waals surface area contributed by atoms with Crippen LogP contribution < -0.4 is 9.47 Å². The molecule has 1 atom stereocenters. The van der Waals surface area contributed by atoms with Crippen molar-refractivity contribution in [1.29, 1.82) is 0 Å². The third-order valence-corrected chi connectivity index (χ3v) is 3.39. The highest BCUT2D eigenvalue weighted by atomic mass is 16.6. The number of hydrogen-bond donors (Lipinski definition) is 0. The zero-order valence-electron chi connectivity index (χ0n) is 13.5. The molecule has 118 valence electrons. The summed E-state index contributed by atoms with van der Waals surface area (Å²) >= 11 is 0. The SMILES string of the molecule is CCOC(=O)C(C)Oc1ccc2c(c1C)OC(=C(C)C)C2=O. The van der Waals surface area contributed by atoms with Crippen molar-refractivity contribution in [2.45, 2.75) is 40.7 Å². The molecule has 0 saturated heterocycles. The average Bonchev–Trinajstić information content (AvgIpc) is 2.80. The van der Waals surface area contributed by atoms with Gasteiger partial charge in [0.15, 0.2) is 11.9 Å². The molecule has 0 fully saturated rings. The van der Waals surface area contributed by atoms with Crippen LogP contribution in [0.2, 0.25) is 0 Å². The lowest BCUT2D eigenvalue weighted by molar-refractivity contribution is -0.150. The zero-order valence-corrected chi connectivity index (χ0v) is 13.5. The van der Waals surface area contributed by atoms with Crippen LogP contribution in [0.25, 0.3) is 0 Å². The minimum atomic E-state index is -0.725. The monoisotopic (exact) mass is 304 g/mol. The molecule has 1 aromatic rings. The van der Waals surface area contributed by atoms with Crippen LogP contribution in [0.15, 0.2) is 23.5 Å². The standard InChI is InChI=1S/C17H20O5/c1-6-20-17(19)11(5)21-13-8-7-12-14(18)15(9(2)3)22-16(12)10(13)4/h7-8,11H,6H2,1-5H3. The number of esters is 1. The molecule has 2 rings (SSSR count). The topological polar surface area (TPSA) is 61.8 Å². The van der Waals surface area contributed by atoms with Gasteiger partial charge in [0, 0.05) is 5.56 Å². The van der Waals surface area contributed by atoms with E-state index in [0.717, 1.165) is 5.57 Å². The summed E-state index contributed by atoms with van der Waals surface area (Å²) in [4.78, 5) is 23.9. The highest BCUT2D eigenvalue weighted by Crippen LogP contribution is 2.39. The van der Waals surface area contributed by atoms with Crippen molar-refractivity contribution in [2.75, 3.05) is 6.61 Å². The van der Waals surface area contributed by atoms with Crippen LogP contribution in [0.1, 0.15) is 43.6 Å². The number of Topliss-reactive ketones (excluding diaryl/α,β-unsaturated/α-hetero) is 1. The van der Waals surface area contributed by atoms with E-state index in [-0.39, 0.29) is 5.78 Å². The molecule has 1 aliphatic rings. The van der Waals surface area contributed by atoms with Gasteiger partial charge in [0.05, 0.1) is 12.2 Å². The zero-order chi connectivity index (χ0) is 16.4. The maximum absolute atomic E-state index is 12.2. The predicted octanol–water partition coefficient (Wildman–Crippen LogP) is 3.19. The summed E-state index contributed by atoms with van der Waals surface area (Å²) in [5, 5.41) is 0. The minimum absolute atomic E-state index is 0.122. The van der Waals surface area contributed by atoms with E-state index in [1.54, 1.807) is 32.9 Å². The predicted molar refractivity (Wildman–Crippen MR) is 81.2 cm³/mol. The van der Waals surface area contributed by atoms with Gasteiger partial charge in [0.2, 0.25) is 5.78 Å². The Balaban J connectivity index is 2.29. The van der Waals surface area contributed by atoms with Gasteiger partial charge >= 0.3 is 5.97 Å². The van der Waals surface area contributed by atoms with Gasteiger partial charge in [-0.2, -0.15) is 0 Å². The van der Waals surface area contributed by atoms with E-state index in [0.29, 0.717) is 35.0 Å². The Bertz CT molecular complexity index is 653. The van der Waals surface area contributed by atoms with E-state index in [2.05, 4.69) is 0 Å². The Morgan fingerprint density at radius 1 is 1.32 bits per heavy atom. The van der Waals surface area contributed by atoms with Crippen LogP contribution in [0.5, 0.6) is 11.5 Å². The van der Waals surface area contributed by atoms with Gasteiger partial charge in [0.25, 0.3) is 0 Å². The molecule has 0 N–H and O–H groups in total. The van der Waals surface area contributed by atoms with Gasteiger partial charge in [-0.1, -0.05) is 0 Å². The fraction of sp³-hybridized carbons (Fsp3) is 0.412. The third kappa shape index (κ3) is 2.84. The Morgan fingerprint density at radius 3 is 2.59 bits per heavy atom. The van der Waals surface area contributed by atoms with Gasteiger partial charge in [-0.25, -0.2) is 4.79 Å². The number of rotatable bonds is 4. The van der Waals surface area contributed by atoms with Crippen molar-refractivity contribution in [3.63, 3.8) is 0 Å². The van der Waals surface area contributed by atoms with Crippen LogP contribution in [-0.4, -0.2) is 24.5 Å². The Kier molecular flexibility index (Phi) is 4.54.